The second-order valence-electron chi connectivity index (χ2n) is 5.93. The summed E-state index contributed by atoms with van der Waals surface area (Å²) in [7, 11) is 1.31. The van der Waals surface area contributed by atoms with E-state index in [-0.39, 0.29) is 29.5 Å². The van der Waals surface area contributed by atoms with Gasteiger partial charge in [0, 0.05) is 11.6 Å². The van der Waals surface area contributed by atoms with Gasteiger partial charge in [0.1, 0.15) is 10.6 Å². The number of benzene rings is 1. The number of rotatable bonds is 6. The molecule has 2 N–H and O–H groups in total. The lowest BCUT2D eigenvalue weighted by molar-refractivity contribution is -0.142. The van der Waals surface area contributed by atoms with Crippen LogP contribution in [-0.2, 0) is 9.53 Å². The minimum atomic E-state index is -0.447. The first-order valence-electron chi connectivity index (χ1n) is 8.43. The first kappa shape index (κ1) is 21.3. The van der Waals surface area contributed by atoms with Crippen LogP contribution in [0.3, 0.4) is 0 Å². The maximum Gasteiger partial charge on any atom is 0.343 e. The summed E-state index contributed by atoms with van der Waals surface area (Å²) < 4.78 is 9.79. The van der Waals surface area contributed by atoms with E-state index in [4.69, 9.17) is 4.74 Å². The zero-order valence-electron chi connectivity index (χ0n) is 14.9. The number of anilines is 1. The summed E-state index contributed by atoms with van der Waals surface area (Å²) in [5.41, 5.74) is 0.650. The van der Waals surface area contributed by atoms with Crippen molar-refractivity contribution in [3.63, 3.8) is 0 Å². The maximum absolute atomic E-state index is 12.4. The Morgan fingerprint density at radius 1 is 1.26 bits per heavy atom. The highest BCUT2D eigenvalue weighted by Gasteiger charge is 2.20. The Morgan fingerprint density at radius 3 is 2.63 bits per heavy atom. The molecule has 1 aromatic carbocycles. The summed E-state index contributed by atoms with van der Waals surface area (Å²) in [6.45, 7) is 1.84. The third-order valence-electron chi connectivity index (χ3n) is 4.13. The number of thiazole rings is 1. The van der Waals surface area contributed by atoms with Crippen molar-refractivity contribution in [2.24, 2.45) is 0 Å². The fourth-order valence-corrected chi connectivity index (χ4v) is 3.66. The van der Waals surface area contributed by atoms with Crippen LogP contribution in [0.15, 0.2) is 30.5 Å². The quantitative estimate of drug-likeness (QED) is 0.650. The van der Waals surface area contributed by atoms with Gasteiger partial charge in [-0.15, -0.1) is 28.3 Å². The predicted octanol–water partition coefficient (Wildman–Crippen LogP) is 2.99. The lowest BCUT2D eigenvalue weighted by Crippen LogP contribution is -2.26. The number of hydrogen-bond donors (Lipinski definition) is 2. The molecule has 1 amide bonds. The number of aromatic nitrogens is 1. The molecule has 2 heterocycles. The van der Waals surface area contributed by atoms with Gasteiger partial charge in [0.15, 0.2) is 6.61 Å². The van der Waals surface area contributed by atoms with E-state index < -0.39 is 5.97 Å². The van der Waals surface area contributed by atoms with E-state index in [1.165, 1.54) is 18.4 Å². The monoisotopic (exact) mass is 455 g/mol. The number of methoxy groups -OCH3 is 1. The summed E-state index contributed by atoms with van der Waals surface area (Å²) >= 11 is 1.46. The Labute approximate surface area is 172 Å². The first-order chi connectivity index (χ1) is 12.7. The van der Waals surface area contributed by atoms with Crippen LogP contribution in [-0.4, -0.2) is 43.7 Å². The molecular weight excluding hydrogens is 434 g/mol. The highest BCUT2D eigenvalue weighted by Crippen LogP contribution is 2.29. The molecule has 1 aromatic heterocycles. The Hall–Kier alpha value is -1.97. The number of nitrogens with one attached hydrogen (secondary N) is 2. The van der Waals surface area contributed by atoms with Gasteiger partial charge in [0.2, 0.25) is 0 Å². The van der Waals surface area contributed by atoms with Gasteiger partial charge in [0.05, 0.1) is 18.3 Å². The van der Waals surface area contributed by atoms with Gasteiger partial charge in [-0.1, -0.05) is 0 Å². The van der Waals surface area contributed by atoms with Crippen LogP contribution in [0.2, 0.25) is 0 Å². The topological polar surface area (TPSA) is 89.5 Å². The molecule has 9 heteroatoms. The van der Waals surface area contributed by atoms with Crippen LogP contribution < -0.4 is 15.4 Å². The molecule has 1 aliphatic rings. The molecule has 0 unspecified atom stereocenters. The largest absolute Gasteiger partial charge is 0.482 e. The Morgan fingerprint density at radius 2 is 1.96 bits per heavy atom. The Balaban J connectivity index is 0.00000261. The smallest absolute Gasteiger partial charge is 0.343 e. The number of piperidine rings is 1. The molecule has 0 atom stereocenters. The van der Waals surface area contributed by atoms with Gasteiger partial charge in [-0.2, -0.15) is 0 Å². The zero-order chi connectivity index (χ0) is 18.4. The second-order valence-corrected chi connectivity index (χ2v) is 6.99. The van der Waals surface area contributed by atoms with Crippen LogP contribution >= 0.6 is 28.3 Å². The fraction of sp³-hybridized carbons (Fsp3) is 0.389. The van der Waals surface area contributed by atoms with Crippen molar-refractivity contribution in [3.8, 4) is 5.75 Å². The highest BCUT2D eigenvalue weighted by molar-refractivity contribution is 8.93. The van der Waals surface area contributed by atoms with Gasteiger partial charge in [-0.3, -0.25) is 4.79 Å². The normalized spacial score (nSPS) is 14.1. The molecule has 3 rings (SSSR count). The van der Waals surface area contributed by atoms with Crippen LogP contribution in [0.1, 0.15) is 33.4 Å². The summed E-state index contributed by atoms with van der Waals surface area (Å²) in [5.74, 6) is 0.344. The molecule has 0 bridgehead atoms. The standard InChI is InChI=1S/C18H21N3O4S.BrH/c1-24-16(22)11-25-14-4-2-13(3-5-14)21-17(23)15-10-20-18(26-15)12-6-8-19-9-7-12;/h2-5,10,12,19H,6-9,11H2,1H3,(H,21,23);1H. The van der Waals surface area contributed by atoms with E-state index in [9.17, 15) is 9.59 Å². The van der Waals surface area contributed by atoms with Crippen molar-refractivity contribution in [2.45, 2.75) is 18.8 Å². The van der Waals surface area contributed by atoms with Crippen molar-refractivity contribution < 1.29 is 19.1 Å². The van der Waals surface area contributed by atoms with Gasteiger partial charge in [0.25, 0.3) is 5.91 Å². The molecule has 0 saturated carbocycles. The van der Waals surface area contributed by atoms with Crippen LogP contribution in [0, 0.1) is 0 Å². The number of hydrogen-bond acceptors (Lipinski definition) is 7. The SMILES string of the molecule is Br.COC(=O)COc1ccc(NC(=O)c2cnc(C3CCNCC3)s2)cc1. The van der Waals surface area contributed by atoms with Crippen LogP contribution in [0.4, 0.5) is 5.69 Å². The van der Waals surface area contributed by atoms with E-state index in [0.29, 0.717) is 22.2 Å². The molecule has 0 aliphatic carbocycles. The lowest BCUT2D eigenvalue weighted by Gasteiger charge is -2.20. The van der Waals surface area contributed by atoms with Crippen LogP contribution in [0.5, 0.6) is 5.75 Å². The number of ether oxygens (including phenoxy) is 2. The minimum Gasteiger partial charge on any atom is -0.482 e. The number of amides is 1. The summed E-state index contributed by atoms with van der Waals surface area (Å²) in [6, 6.07) is 6.82. The lowest BCUT2D eigenvalue weighted by atomic mass is 9.99. The maximum atomic E-state index is 12.4. The molecule has 27 heavy (non-hydrogen) atoms. The molecule has 1 aliphatic heterocycles. The van der Waals surface area contributed by atoms with E-state index in [0.717, 1.165) is 30.9 Å². The van der Waals surface area contributed by atoms with Crippen LogP contribution in [0.25, 0.3) is 0 Å². The summed E-state index contributed by atoms with van der Waals surface area (Å²) in [5, 5.41) is 7.21. The average molecular weight is 456 g/mol. The van der Waals surface area contributed by atoms with Crippen molar-refractivity contribution in [1.82, 2.24) is 10.3 Å². The van der Waals surface area contributed by atoms with E-state index in [1.807, 2.05) is 0 Å². The van der Waals surface area contributed by atoms with Gasteiger partial charge in [-0.05, 0) is 50.2 Å². The van der Waals surface area contributed by atoms with Crippen molar-refractivity contribution >= 4 is 45.9 Å². The first-order valence-corrected chi connectivity index (χ1v) is 9.25. The molecular formula is C18H22BrN3O4S. The number of carbonyl (C=O) groups is 2. The average Bonchev–Trinajstić information content (AvgIpc) is 3.18. The molecule has 1 saturated heterocycles. The Bertz CT molecular complexity index is 760. The van der Waals surface area contributed by atoms with Gasteiger partial charge >= 0.3 is 5.97 Å². The zero-order valence-corrected chi connectivity index (χ0v) is 17.4. The van der Waals surface area contributed by atoms with Crippen molar-refractivity contribution in [3.05, 3.63) is 40.3 Å². The van der Waals surface area contributed by atoms with Gasteiger partial charge < -0.3 is 20.1 Å². The summed E-state index contributed by atoms with van der Waals surface area (Å²) in [4.78, 5) is 28.5. The second kappa shape index (κ2) is 10.4. The Kier molecular flexibility index (Phi) is 8.21. The molecule has 7 nitrogen and oxygen atoms in total. The highest BCUT2D eigenvalue weighted by atomic mass is 79.9. The van der Waals surface area contributed by atoms with E-state index in [2.05, 4.69) is 20.4 Å². The van der Waals surface area contributed by atoms with Crippen molar-refractivity contribution in [2.75, 3.05) is 32.1 Å². The third-order valence-corrected chi connectivity index (χ3v) is 5.29. The van der Waals surface area contributed by atoms with E-state index in [1.54, 1.807) is 30.5 Å². The summed E-state index contributed by atoms with van der Waals surface area (Å²) in [6.07, 6.45) is 3.76. The van der Waals surface area contributed by atoms with Crippen molar-refractivity contribution in [1.29, 1.82) is 0 Å². The fourth-order valence-electron chi connectivity index (χ4n) is 2.68. The number of halogens is 1. The molecule has 0 radical (unpaired) electrons. The number of esters is 1. The molecule has 2 aromatic rings. The number of nitrogens with zero attached hydrogens (tertiary/aromatic N) is 1. The number of carbonyl (C=O) groups excluding carboxylic acids is 2. The van der Waals surface area contributed by atoms with Gasteiger partial charge in [-0.25, -0.2) is 9.78 Å². The molecule has 0 spiro atoms. The van der Waals surface area contributed by atoms with E-state index >= 15 is 0 Å². The minimum absolute atomic E-state index is 0. The predicted molar refractivity (Wildman–Crippen MR) is 109 cm³/mol. The third kappa shape index (κ3) is 6.02. The molecule has 1 fully saturated rings. The molecule has 146 valence electrons.